The summed E-state index contributed by atoms with van der Waals surface area (Å²) in [6.45, 7) is 0. The van der Waals surface area contributed by atoms with Gasteiger partial charge in [0.15, 0.2) is 6.23 Å². The molecule has 4 heterocycles. The highest BCUT2D eigenvalue weighted by Gasteiger charge is 2.35. The van der Waals surface area contributed by atoms with Crippen LogP contribution in [0.25, 0.3) is 22.5 Å². The number of hydrogen-bond donors (Lipinski definition) is 4. The average Bonchev–Trinajstić information content (AvgIpc) is 3.85. The Hall–Kier alpha value is -6.25. The van der Waals surface area contributed by atoms with Gasteiger partial charge in [-0.2, -0.15) is 0 Å². The van der Waals surface area contributed by atoms with Gasteiger partial charge in [0.2, 0.25) is 0 Å². The molecule has 0 bridgehead atoms. The van der Waals surface area contributed by atoms with E-state index >= 15 is 0 Å². The zero-order valence-electron chi connectivity index (χ0n) is 25.3. The average molecular weight is 613 g/mol. The summed E-state index contributed by atoms with van der Waals surface area (Å²) in [4.78, 5) is 23.0. The summed E-state index contributed by atoms with van der Waals surface area (Å²) in [5, 5.41) is 13.5. The van der Waals surface area contributed by atoms with E-state index in [1.807, 2.05) is 97.1 Å². The molecular weight excluding hydrogens is 584 g/mol. The van der Waals surface area contributed by atoms with Crippen molar-refractivity contribution in [2.75, 3.05) is 17.7 Å². The molecule has 226 valence electrons. The summed E-state index contributed by atoms with van der Waals surface area (Å²) in [6, 6.07) is 40.1. The Balaban J connectivity index is 1.05. The number of amides is 1. The van der Waals surface area contributed by atoms with Gasteiger partial charge in [-0.05, 0) is 36.4 Å². The highest BCUT2D eigenvalue weighted by molar-refractivity contribution is 6.39. The van der Waals surface area contributed by atoms with Crippen LogP contribution in [0, 0.1) is 0 Å². The molecule has 0 fully saturated rings. The molecule has 1 amide bonds. The summed E-state index contributed by atoms with van der Waals surface area (Å²) in [5.74, 6) is 1.35. The van der Waals surface area contributed by atoms with E-state index in [1.165, 1.54) is 0 Å². The van der Waals surface area contributed by atoms with E-state index in [0.29, 0.717) is 11.4 Å². The maximum Gasteiger partial charge on any atom is 0.258 e. The number of anilines is 2. The largest absolute Gasteiger partial charge is 0.357 e. The van der Waals surface area contributed by atoms with Gasteiger partial charge >= 0.3 is 0 Å². The van der Waals surface area contributed by atoms with Crippen molar-refractivity contribution in [3.63, 3.8) is 0 Å². The second-order valence-electron chi connectivity index (χ2n) is 11.6. The second-order valence-corrected chi connectivity index (χ2v) is 11.6. The van der Waals surface area contributed by atoms with Crippen molar-refractivity contribution in [1.82, 2.24) is 10.6 Å². The minimum atomic E-state index is -0.274. The third-order valence-electron chi connectivity index (χ3n) is 8.91. The van der Waals surface area contributed by atoms with Crippen LogP contribution in [0.15, 0.2) is 131 Å². The van der Waals surface area contributed by atoms with Crippen LogP contribution in [0.1, 0.15) is 33.4 Å². The fourth-order valence-electron chi connectivity index (χ4n) is 6.77. The van der Waals surface area contributed by atoms with Crippen molar-refractivity contribution in [3.8, 4) is 0 Å². The maximum atomic E-state index is 13.1. The molecule has 5 aromatic rings. The molecule has 4 N–H and O–H groups in total. The Morgan fingerprint density at radius 1 is 0.532 bits per heavy atom. The lowest BCUT2D eigenvalue weighted by molar-refractivity contribution is -0.110. The number of fused-ring (bicyclic) bond motifs is 4. The SMILES string of the molecule is COC1Nc2ccccc2/C1=C1\NC(=Nc2ccc(N=C3N/C(=C4/C(=O)Nc5ccccc54)c4ccccc43)cc2)c2ccccc21. The van der Waals surface area contributed by atoms with Gasteiger partial charge in [-0.3, -0.25) is 4.79 Å². The van der Waals surface area contributed by atoms with Crippen LogP contribution in [-0.2, 0) is 9.53 Å². The van der Waals surface area contributed by atoms with Crippen LogP contribution >= 0.6 is 0 Å². The van der Waals surface area contributed by atoms with E-state index < -0.39 is 0 Å². The van der Waals surface area contributed by atoms with Crippen molar-refractivity contribution in [2.24, 2.45) is 9.98 Å². The van der Waals surface area contributed by atoms with E-state index in [9.17, 15) is 4.79 Å². The standard InChI is InChI=1S/C39H28N6O2/c1-47-39-33(29-15-7-9-17-31(29)43-39)35-25-11-3-5-13-27(25)37(45-35)41-23-20-18-22(19-21-23)40-36-26-12-4-2-10-24(26)34(44-36)32-28-14-6-8-16-30(28)42-38(32)46/h2-21,39,43H,1H3,(H,40,44)(H,41,45)(H,42,46)/b34-32+,35-33+. The van der Waals surface area contributed by atoms with Crippen LogP contribution in [0.5, 0.6) is 0 Å². The van der Waals surface area contributed by atoms with E-state index in [1.54, 1.807) is 7.11 Å². The number of benzene rings is 5. The van der Waals surface area contributed by atoms with Gasteiger partial charge in [-0.15, -0.1) is 0 Å². The number of amidine groups is 2. The molecule has 0 spiro atoms. The molecule has 4 aliphatic rings. The number of para-hydroxylation sites is 2. The molecule has 0 aromatic heterocycles. The Morgan fingerprint density at radius 3 is 1.64 bits per heavy atom. The van der Waals surface area contributed by atoms with Crippen LogP contribution in [0.3, 0.4) is 0 Å². The number of nitrogens with zero attached hydrogens (tertiary/aromatic N) is 2. The number of rotatable bonds is 3. The van der Waals surface area contributed by atoms with Gasteiger partial charge < -0.3 is 26.0 Å². The van der Waals surface area contributed by atoms with Gasteiger partial charge in [0.1, 0.15) is 11.7 Å². The summed E-state index contributed by atoms with van der Waals surface area (Å²) in [7, 11) is 1.71. The minimum absolute atomic E-state index is 0.125. The number of carbonyl (C=O) groups is 1. The first kappa shape index (κ1) is 27.1. The molecule has 1 unspecified atom stereocenters. The molecule has 0 aliphatic carbocycles. The van der Waals surface area contributed by atoms with Gasteiger partial charge in [-0.25, -0.2) is 9.98 Å². The highest BCUT2D eigenvalue weighted by atomic mass is 16.5. The van der Waals surface area contributed by atoms with Crippen molar-refractivity contribution < 1.29 is 9.53 Å². The first-order chi connectivity index (χ1) is 23.2. The Kier molecular flexibility index (Phi) is 6.16. The van der Waals surface area contributed by atoms with Crippen molar-refractivity contribution >= 4 is 62.9 Å². The maximum absolute atomic E-state index is 13.1. The first-order valence-corrected chi connectivity index (χ1v) is 15.5. The Morgan fingerprint density at radius 2 is 1.02 bits per heavy atom. The van der Waals surface area contributed by atoms with Crippen LogP contribution in [0.2, 0.25) is 0 Å². The summed E-state index contributed by atoms with van der Waals surface area (Å²) >= 11 is 0. The van der Waals surface area contributed by atoms with Crippen LogP contribution in [-0.4, -0.2) is 30.9 Å². The number of methoxy groups -OCH3 is 1. The molecule has 9 rings (SSSR count). The van der Waals surface area contributed by atoms with Crippen LogP contribution < -0.4 is 21.3 Å². The fraction of sp³-hybridized carbons (Fsp3) is 0.0513. The normalized spacial score (nSPS) is 21.9. The smallest absolute Gasteiger partial charge is 0.258 e. The summed E-state index contributed by atoms with van der Waals surface area (Å²) in [6.07, 6.45) is -0.274. The van der Waals surface area contributed by atoms with E-state index in [4.69, 9.17) is 14.7 Å². The monoisotopic (exact) mass is 612 g/mol. The highest BCUT2D eigenvalue weighted by Crippen LogP contribution is 2.42. The lowest BCUT2D eigenvalue weighted by Crippen LogP contribution is -2.21. The zero-order valence-corrected chi connectivity index (χ0v) is 25.3. The molecule has 0 saturated heterocycles. The third-order valence-corrected chi connectivity index (χ3v) is 8.91. The van der Waals surface area contributed by atoms with Gasteiger partial charge in [0.05, 0.1) is 28.3 Å². The van der Waals surface area contributed by atoms with Gasteiger partial charge in [0, 0.05) is 57.4 Å². The minimum Gasteiger partial charge on any atom is -0.357 e. The topological polar surface area (TPSA) is 99.1 Å². The number of hydrogen-bond acceptors (Lipinski definition) is 5. The summed E-state index contributed by atoms with van der Waals surface area (Å²) in [5.41, 5.74) is 12.9. The molecule has 1 atom stereocenters. The lowest BCUT2D eigenvalue weighted by atomic mass is 9.99. The zero-order chi connectivity index (χ0) is 31.5. The molecule has 0 saturated carbocycles. The Labute approximate surface area is 271 Å². The lowest BCUT2D eigenvalue weighted by Gasteiger charge is -2.15. The quantitative estimate of drug-likeness (QED) is 0.163. The van der Waals surface area contributed by atoms with Gasteiger partial charge in [-0.1, -0.05) is 84.9 Å². The molecule has 5 aromatic carbocycles. The number of carbonyl (C=O) groups excluding carboxylic acids is 1. The molecule has 4 aliphatic heterocycles. The predicted molar refractivity (Wildman–Crippen MR) is 188 cm³/mol. The van der Waals surface area contributed by atoms with Gasteiger partial charge in [0.25, 0.3) is 5.91 Å². The summed E-state index contributed by atoms with van der Waals surface area (Å²) < 4.78 is 5.84. The fourth-order valence-corrected chi connectivity index (χ4v) is 6.77. The first-order valence-electron chi connectivity index (χ1n) is 15.5. The van der Waals surface area contributed by atoms with Crippen molar-refractivity contribution in [3.05, 3.63) is 155 Å². The number of aliphatic imine (C=N–C) groups is 2. The number of ether oxygens (including phenoxy) is 1. The number of nitrogens with one attached hydrogen (secondary N) is 4. The van der Waals surface area contributed by atoms with E-state index in [2.05, 4.69) is 45.5 Å². The van der Waals surface area contributed by atoms with Crippen molar-refractivity contribution in [1.29, 1.82) is 0 Å². The van der Waals surface area contributed by atoms with E-state index in [0.717, 1.165) is 78.9 Å². The van der Waals surface area contributed by atoms with Crippen molar-refractivity contribution in [2.45, 2.75) is 6.23 Å². The van der Waals surface area contributed by atoms with Crippen LogP contribution in [0.4, 0.5) is 22.7 Å². The van der Waals surface area contributed by atoms with E-state index in [-0.39, 0.29) is 12.1 Å². The molecule has 47 heavy (non-hydrogen) atoms. The Bertz CT molecular complexity index is 2260. The molecular formula is C39H28N6O2. The third kappa shape index (κ3) is 4.38. The second kappa shape index (κ2) is 10.7. The molecule has 8 heteroatoms. The molecule has 0 radical (unpaired) electrons. The predicted octanol–water partition coefficient (Wildman–Crippen LogP) is 7.14. The molecule has 8 nitrogen and oxygen atoms in total.